The van der Waals surface area contributed by atoms with Crippen molar-refractivity contribution in [3.8, 4) is 0 Å². The number of nitrogens with one attached hydrogen (secondary N) is 2. The van der Waals surface area contributed by atoms with E-state index in [0.717, 1.165) is 27.7 Å². The molecule has 2 aromatic carbocycles. The van der Waals surface area contributed by atoms with Crippen molar-refractivity contribution in [3.63, 3.8) is 0 Å². The van der Waals surface area contributed by atoms with Crippen LogP contribution >= 0.6 is 0 Å². The SMILES string of the molecule is CN(CC(=O)Nc1ccccc1NC12CC3CC(CC(C3)C1)C2)S(=O)(=O)c1ccccc1. The van der Waals surface area contributed by atoms with E-state index in [1.165, 1.54) is 57.7 Å². The van der Waals surface area contributed by atoms with Gasteiger partial charge in [0.2, 0.25) is 15.9 Å². The van der Waals surface area contributed by atoms with E-state index in [2.05, 4.69) is 10.6 Å². The molecule has 4 aliphatic rings. The monoisotopic (exact) mass is 453 g/mol. The number of amides is 1. The van der Waals surface area contributed by atoms with Crippen molar-refractivity contribution in [2.75, 3.05) is 24.2 Å². The predicted molar refractivity (Wildman–Crippen MR) is 126 cm³/mol. The predicted octanol–water partition coefficient (Wildman–Crippen LogP) is 4.33. The van der Waals surface area contributed by atoms with Crippen molar-refractivity contribution in [1.82, 2.24) is 4.31 Å². The Hall–Kier alpha value is -2.38. The van der Waals surface area contributed by atoms with E-state index in [1.54, 1.807) is 18.2 Å². The van der Waals surface area contributed by atoms with Crippen LogP contribution in [0.2, 0.25) is 0 Å². The second-order valence-corrected chi connectivity index (χ2v) is 12.0. The largest absolute Gasteiger partial charge is 0.378 e. The third-order valence-electron chi connectivity index (χ3n) is 7.46. The lowest BCUT2D eigenvalue weighted by Gasteiger charge is -2.57. The number of anilines is 2. The van der Waals surface area contributed by atoms with Gasteiger partial charge in [0.1, 0.15) is 0 Å². The van der Waals surface area contributed by atoms with Crippen LogP contribution in [0, 0.1) is 17.8 Å². The molecule has 4 aliphatic carbocycles. The van der Waals surface area contributed by atoms with E-state index in [9.17, 15) is 13.2 Å². The fraction of sp³-hybridized carbons (Fsp3) is 0.480. The number of rotatable bonds is 7. The highest BCUT2D eigenvalue weighted by Crippen LogP contribution is 2.56. The van der Waals surface area contributed by atoms with Crippen molar-refractivity contribution in [2.24, 2.45) is 17.8 Å². The van der Waals surface area contributed by atoms with E-state index in [4.69, 9.17) is 0 Å². The van der Waals surface area contributed by atoms with Gasteiger partial charge in [-0.2, -0.15) is 4.31 Å². The van der Waals surface area contributed by atoms with Gasteiger partial charge in [-0.25, -0.2) is 8.42 Å². The number of hydrogen-bond donors (Lipinski definition) is 2. The number of likely N-dealkylation sites (N-methyl/N-ethyl adjacent to an activating group) is 1. The summed E-state index contributed by atoms with van der Waals surface area (Å²) in [6.07, 6.45) is 7.75. The summed E-state index contributed by atoms with van der Waals surface area (Å²) in [6, 6.07) is 15.9. The highest BCUT2D eigenvalue weighted by molar-refractivity contribution is 7.89. The summed E-state index contributed by atoms with van der Waals surface area (Å²) in [6.45, 7) is -0.247. The summed E-state index contributed by atoms with van der Waals surface area (Å²) in [7, 11) is -2.28. The maximum atomic E-state index is 12.8. The number of hydrogen-bond acceptors (Lipinski definition) is 4. The Morgan fingerprint density at radius 3 is 2.03 bits per heavy atom. The average molecular weight is 454 g/mol. The first-order valence-corrected chi connectivity index (χ1v) is 13.0. The molecule has 32 heavy (non-hydrogen) atoms. The van der Waals surface area contributed by atoms with Gasteiger partial charge in [0.25, 0.3) is 0 Å². The Kier molecular flexibility index (Phi) is 5.50. The molecule has 2 aromatic rings. The molecule has 4 bridgehead atoms. The van der Waals surface area contributed by atoms with Crippen LogP contribution in [-0.2, 0) is 14.8 Å². The maximum Gasteiger partial charge on any atom is 0.243 e. The minimum Gasteiger partial charge on any atom is -0.378 e. The standard InChI is InChI=1S/C25H31N3O3S/c1-28(32(30,31)21-7-3-2-4-8-21)17-24(29)26-22-9-5-6-10-23(22)27-25-14-18-11-19(15-25)13-20(12-18)16-25/h2-10,18-20,27H,11-17H2,1H3,(H,26,29). The molecular weight excluding hydrogens is 422 g/mol. The van der Waals surface area contributed by atoms with Gasteiger partial charge in [-0.05, 0) is 80.5 Å². The second kappa shape index (κ2) is 8.19. The number of para-hydroxylation sites is 2. The van der Waals surface area contributed by atoms with Crippen molar-refractivity contribution >= 4 is 27.3 Å². The molecule has 0 atom stereocenters. The Morgan fingerprint density at radius 2 is 1.44 bits per heavy atom. The van der Waals surface area contributed by atoms with Crippen LogP contribution in [0.15, 0.2) is 59.5 Å². The summed E-state index contributed by atoms with van der Waals surface area (Å²) in [4.78, 5) is 13.0. The first kappa shape index (κ1) is 21.5. The molecule has 4 fully saturated rings. The number of carbonyl (C=O) groups is 1. The van der Waals surface area contributed by atoms with Crippen LogP contribution in [0.4, 0.5) is 11.4 Å². The fourth-order valence-corrected chi connectivity index (χ4v) is 7.65. The van der Waals surface area contributed by atoms with Gasteiger partial charge in [0.05, 0.1) is 22.8 Å². The molecule has 0 aromatic heterocycles. The van der Waals surface area contributed by atoms with Crippen molar-refractivity contribution < 1.29 is 13.2 Å². The quantitative estimate of drug-likeness (QED) is 0.654. The number of benzene rings is 2. The second-order valence-electron chi connectivity index (χ2n) is 9.99. The van der Waals surface area contributed by atoms with E-state index in [-0.39, 0.29) is 22.9 Å². The Balaban J connectivity index is 1.28. The summed E-state index contributed by atoms with van der Waals surface area (Å²) in [5, 5.41) is 6.76. The van der Waals surface area contributed by atoms with Crippen LogP contribution in [0.3, 0.4) is 0 Å². The molecule has 0 aliphatic heterocycles. The molecule has 0 heterocycles. The van der Waals surface area contributed by atoms with Crippen LogP contribution in [0.5, 0.6) is 0 Å². The van der Waals surface area contributed by atoms with Crippen LogP contribution in [0.25, 0.3) is 0 Å². The van der Waals surface area contributed by atoms with Gasteiger partial charge in [0, 0.05) is 12.6 Å². The molecule has 4 saturated carbocycles. The lowest BCUT2D eigenvalue weighted by Crippen LogP contribution is -2.54. The zero-order valence-corrected chi connectivity index (χ0v) is 19.3. The molecular formula is C25H31N3O3S. The normalized spacial score (nSPS) is 28.6. The fourth-order valence-electron chi connectivity index (χ4n) is 6.50. The van der Waals surface area contributed by atoms with E-state index in [1.807, 2.05) is 24.3 Å². The minimum atomic E-state index is -3.72. The van der Waals surface area contributed by atoms with Gasteiger partial charge in [-0.1, -0.05) is 30.3 Å². The van der Waals surface area contributed by atoms with Gasteiger partial charge in [-0.15, -0.1) is 0 Å². The van der Waals surface area contributed by atoms with Crippen LogP contribution in [0.1, 0.15) is 38.5 Å². The van der Waals surface area contributed by atoms with E-state index >= 15 is 0 Å². The van der Waals surface area contributed by atoms with E-state index < -0.39 is 10.0 Å². The Bertz CT molecular complexity index is 1070. The van der Waals surface area contributed by atoms with Gasteiger partial charge >= 0.3 is 0 Å². The molecule has 2 N–H and O–H groups in total. The van der Waals surface area contributed by atoms with Crippen molar-refractivity contribution in [3.05, 3.63) is 54.6 Å². The zero-order chi connectivity index (χ0) is 22.3. The molecule has 6 rings (SSSR count). The van der Waals surface area contributed by atoms with Crippen LogP contribution < -0.4 is 10.6 Å². The number of carbonyl (C=O) groups excluding carboxylic acids is 1. The summed E-state index contributed by atoms with van der Waals surface area (Å²) in [5.74, 6) is 2.12. The third-order valence-corrected chi connectivity index (χ3v) is 9.27. The Morgan fingerprint density at radius 1 is 0.906 bits per heavy atom. The highest BCUT2D eigenvalue weighted by Gasteiger charge is 2.51. The van der Waals surface area contributed by atoms with Crippen molar-refractivity contribution in [1.29, 1.82) is 0 Å². The maximum absolute atomic E-state index is 12.8. The summed E-state index contributed by atoms with van der Waals surface area (Å²) >= 11 is 0. The molecule has 170 valence electrons. The topological polar surface area (TPSA) is 78.5 Å². The van der Waals surface area contributed by atoms with Gasteiger partial charge in [0.15, 0.2) is 0 Å². The molecule has 7 heteroatoms. The smallest absolute Gasteiger partial charge is 0.243 e. The minimum absolute atomic E-state index is 0.128. The molecule has 0 unspecified atom stereocenters. The van der Waals surface area contributed by atoms with Gasteiger partial charge in [-0.3, -0.25) is 4.79 Å². The number of nitrogens with zero attached hydrogens (tertiary/aromatic N) is 1. The lowest BCUT2D eigenvalue weighted by molar-refractivity contribution is -0.116. The average Bonchev–Trinajstić information content (AvgIpc) is 2.74. The van der Waals surface area contributed by atoms with Gasteiger partial charge < -0.3 is 10.6 Å². The first-order valence-electron chi connectivity index (χ1n) is 11.5. The third kappa shape index (κ3) is 4.16. The zero-order valence-electron chi connectivity index (χ0n) is 18.5. The molecule has 1 amide bonds. The van der Waals surface area contributed by atoms with E-state index in [0.29, 0.717) is 5.69 Å². The highest BCUT2D eigenvalue weighted by atomic mass is 32.2. The summed E-state index contributed by atoms with van der Waals surface area (Å²) < 4.78 is 26.6. The molecule has 6 nitrogen and oxygen atoms in total. The van der Waals surface area contributed by atoms with Crippen LogP contribution in [-0.4, -0.2) is 37.8 Å². The van der Waals surface area contributed by atoms with Crippen molar-refractivity contribution in [2.45, 2.75) is 49.0 Å². The lowest BCUT2D eigenvalue weighted by atomic mass is 9.53. The molecule has 0 spiro atoms. The Labute approximate surface area is 190 Å². The summed E-state index contributed by atoms with van der Waals surface area (Å²) in [5.41, 5.74) is 1.76. The first-order chi connectivity index (χ1) is 15.3. The molecule has 0 saturated heterocycles. The number of sulfonamides is 1. The molecule has 0 radical (unpaired) electrons.